The summed E-state index contributed by atoms with van der Waals surface area (Å²) in [5.41, 5.74) is 0.826. The second-order valence-corrected chi connectivity index (χ2v) is 4.21. The number of hydrogen-bond donors (Lipinski definition) is 1. The van der Waals surface area contributed by atoms with Crippen LogP contribution in [0.2, 0.25) is 5.15 Å². The van der Waals surface area contributed by atoms with Gasteiger partial charge in [0.25, 0.3) is 0 Å². The lowest BCUT2D eigenvalue weighted by Crippen LogP contribution is -1.98. The monoisotopic (exact) mass is 279 g/mol. The quantitative estimate of drug-likeness (QED) is 0.871. The van der Waals surface area contributed by atoms with E-state index in [-0.39, 0.29) is 0 Å². The van der Waals surface area contributed by atoms with Crippen molar-refractivity contribution in [2.24, 2.45) is 0 Å². The Morgan fingerprint density at radius 1 is 1.05 bits per heavy atom. The molecule has 0 aliphatic carbocycles. The molecule has 6 heteroatoms. The maximum atomic E-state index is 5.89. The van der Waals surface area contributed by atoms with Crippen LogP contribution in [0.3, 0.4) is 0 Å². The Labute approximate surface area is 116 Å². The van der Waals surface area contributed by atoms with Gasteiger partial charge in [-0.2, -0.15) is 0 Å². The highest BCUT2D eigenvalue weighted by Crippen LogP contribution is 2.30. The van der Waals surface area contributed by atoms with Crippen LogP contribution in [0.4, 0.5) is 11.5 Å². The van der Waals surface area contributed by atoms with Crippen LogP contribution >= 0.6 is 11.6 Å². The average molecular weight is 280 g/mol. The lowest BCUT2D eigenvalue weighted by Gasteiger charge is -2.11. The molecule has 2 aromatic rings. The van der Waals surface area contributed by atoms with Gasteiger partial charge < -0.3 is 14.8 Å². The summed E-state index contributed by atoms with van der Waals surface area (Å²) in [6.07, 6.45) is 0. The van der Waals surface area contributed by atoms with E-state index in [1.54, 1.807) is 27.2 Å². The molecule has 0 amide bonds. The molecule has 0 spiro atoms. The minimum atomic E-state index is 0.399. The molecule has 0 atom stereocenters. The molecule has 0 unspecified atom stereocenters. The smallest absolute Gasteiger partial charge is 0.162 e. The van der Waals surface area contributed by atoms with Gasteiger partial charge in [-0.3, -0.25) is 0 Å². The Kier molecular flexibility index (Phi) is 4.06. The van der Waals surface area contributed by atoms with Gasteiger partial charge in [0.15, 0.2) is 11.5 Å². The molecular weight excluding hydrogens is 266 g/mol. The second-order valence-electron chi connectivity index (χ2n) is 3.82. The van der Waals surface area contributed by atoms with E-state index in [1.165, 1.54) is 0 Å². The minimum absolute atomic E-state index is 0.399. The van der Waals surface area contributed by atoms with Crippen molar-refractivity contribution in [3.8, 4) is 11.5 Å². The molecule has 1 aromatic carbocycles. The second kappa shape index (κ2) is 5.75. The summed E-state index contributed by atoms with van der Waals surface area (Å²) in [4.78, 5) is 8.26. The largest absolute Gasteiger partial charge is 0.493 e. The van der Waals surface area contributed by atoms with Crippen LogP contribution in [0.15, 0.2) is 24.3 Å². The fraction of sp³-hybridized carbons (Fsp3) is 0.231. The van der Waals surface area contributed by atoms with Crippen molar-refractivity contribution in [1.29, 1.82) is 0 Å². The first kappa shape index (κ1) is 13.4. The zero-order valence-electron chi connectivity index (χ0n) is 10.9. The van der Waals surface area contributed by atoms with E-state index in [0.29, 0.717) is 28.3 Å². The standard InChI is InChI=1S/C13H14ClN3O2/c1-8-15-12(14)7-13(16-8)17-9-4-5-10(18-2)11(6-9)19-3/h4-7H,1-3H3,(H,15,16,17). The molecule has 5 nitrogen and oxygen atoms in total. The first-order valence-electron chi connectivity index (χ1n) is 5.62. The SMILES string of the molecule is COc1ccc(Nc2cc(Cl)nc(C)n2)cc1OC. The molecular formula is C13H14ClN3O2. The van der Waals surface area contributed by atoms with Crippen molar-refractivity contribution in [2.45, 2.75) is 6.92 Å². The Bertz CT molecular complexity index is 570. The van der Waals surface area contributed by atoms with Gasteiger partial charge in [0.2, 0.25) is 0 Å². The van der Waals surface area contributed by atoms with Gasteiger partial charge in [-0.05, 0) is 19.1 Å². The minimum Gasteiger partial charge on any atom is -0.493 e. The Morgan fingerprint density at radius 3 is 2.42 bits per heavy atom. The average Bonchev–Trinajstić information content (AvgIpc) is 2.37. The number of methoxy groups -OCH3 is 2. The molecule has 0 saturated heterocycles. The number of aromatic nitrogens is 2. The Hall–Kier alpha value is -2.01. The van der Waals surface area contributed by atoms with Crippen molar-refractivity contribution in [1.82, 2.24) is 9.97 Å². The molecule has 0 saturated carbocycles. The normalized spacial score (nSPS) is 10.1. The van der Waals surface area contributed by atoms with E-state index in [9.17, 15) is 0 Å². The number of ether oxygens (including phenoxy) is 2. The maximum absolute atomic E-state index is 5.89. The van der Waals surface area contributed by atoms with Gasteiger partial charge in [-0.15, -0.1) is 0 Å². The molecule has 1 heterocycles. The van der Waals surface area contributed by atoms with Crippen LogP contribution in [0.25, 0.3) is 0 Å². The first-order chi connectivity index (χ1) is 9.12. The van der Waals surface area contributed by atoms with Crippen LogP contribution < -0.4 is 14.8 Å². The third-order valence-corrected chi connectivity index (χ3v) is 2.66. The van der Waals surface area contributed by atoms with Crippen molar-refractivity contribution >= 4 is 23.1 Å². The lowest BCUT2D eigenvalue weighted by atomic mass is 10.2. The molecule has 0 fully saturated rings. The van der Waals surface area contributed by atoms with Gasteiger partial charge in [0, 0.05) is 17.8 Å². The van der Waals surface area contributed by atoms with E-state index < -0.39 is 0 Å². The van der Waals surface area contributed by atoms with Gasteiger partial charge in [-0.25, -0.2) is 9.97 Å². The molecule has 1 aromatic heterocycles. The van der Waals surface area contributed by atoms with Crippen LogP contribution in [0, 0.1) is 6.92 Å². The number of rotatable bonds is 4. The first-order valence-corrected chi connectivity index (χ1v) is 6.00. The molecule has 0 bridgehead atoms. The van der Waals surface area contributed by atoms with Crippen LogP contribution in [-0.2, 0) is 0 Å². The van der Waals surface area contributed by atoms with E-state index in [0.717, 1.165) is 5.69 Å². The molecule has 2 rings (SSSR count). The topological polar surface area (TPSA) is 56.3 Å². The fourth-order valence-corrected chi connectivity index (χ4v) is 1.88. The molecule has 0 radical (unpaired) electrons. The number of hydrogen-bond acceptors (Lipinski definition) is 5. The maximum Gasteiger partial charge on any atom is 0.162 e. The van der Waals surface area contributed by atoms with Crippen molar-refractivity contribution < 1.29 is 9.47 Å². The molecule has 19 heavy (non-hydrogen) atoms. The van der Waals surface area contributed by atoms with E-state index in [4.69, 9.17) is 21.1 Å². The Balaban J connectivity index is 2.28. The molecule has 100 valence electrons. The number of benzene rings is 1. The third kappa shape index (κ3) is 3.26. The molecule has 0 aliphatic rings. The van der Waals surface area contributed by atoms with Gasteiger partial charge in [-0.1, -0.05) is 11.6 Å². The number of anilines is 2. The lowest BCUT2D eigenvalue weighted by molar-refractivity contribution is 0.355. The number of nitrogens with zero attached hydrogens (tertiary/aromatic N) is 2. The predicted molar refractivity (Wildman–Crippen MR) is 74.6 cm³/mol. The van der Waals surface area contributed by atoms with Crippen molar-refractivity contribution in [2.75, 3.05) is 19.5 Å². The van der Waals surface area contributed by atoms with Crippen molar-refractivity contribution in [3.05, 3.63) is 35.2 Å². The van der Waals surface area contributed by atoms with Crippen LogP contribution in [0.5, 0.6) is 11.5 Å². The zero-order valence-corrected chi connectivity index (χ0v) is 11.7. The van der Waals surface area contributed by atoms with Gasteiger partial charge >= 0.3 is 0 Å². The van der Waals surface area contributed by atoms with Gasteiger partial charge in [0.05, 0.1) is 14.2 Å². The van der Waals surface area contributed by atoms with E-state index in [2.05, 4.69) is 15.3 Å². The number of halogens is 1. The summed E-state index contributed by atoms with van der Waals surface area (Å²) in [6.45, 7) is 1.78. The summed E-state index contributed by atoms with van der Waals surface area (Å²) in [5.74, 6) is 2.55. The number of aryl methyl sites for hydroxylation is 1. The highest BCUT2D eigenvalue weighted by Gasteiger charge is 2.06. The van der Waals surface area contributed by atoms with Crippen molar-refractivity contribution in [3.63, 3.8) is 0 Å². The Morgan fingerprint density at radius 2 is 1.79 bits per heavy atom. The number of nitrogens with one attached hydrogen (secondary N) is 1. The summed E-state index contributed by atoms with van der Waals surface area (Å²) < 4.78 is 10.4. The van der Waals surface area contributed by atoms with Gasteiger partial charge in [0.1, 0.15) is 16.8 Å². The summed E-state index contributed by atoms with van der Waals surface area (Å²) >= 11 is 5.89. The third-order valence-electron chi connectivity index (χ3n) is 2.46. The van der Waals surface area contributed by atoms with Crippen LogP contribution in [0.1, 0.15) is 5.82 Å². The van der Waals surface area contributed by atoms with E-state index >= 15 is 0 Å². The van der Waals surface area contributed by atoms with Crippen LogP contribution in [-0.4, -0.2) is 24.2 Å². The highest BCUT2D eigenvalue weighted by atomic mass is 35.5. The summed E-state index contributed by atoms with van der Waals surface area (Å²) in [7, 11) is 3.19. The molecule has 1 N–H and O–H groups in total. The fourth-order valence-electron chi connectivity index (χ4n) is 1.66. The molecule has 0 aliphatic heterocycles. The summed E-state index contributed by atoms with van der Waals surface area (Å²) in [5, 5.41) is 3.54. The van der Waals surface area contributed by atoms with E-state index in [1.807, 2.05) is 18.2 Å². The summed E-state index contributed by atoms with van der Waals surface area (Å²) in [6, 6.07) is 7.17. The zero-order chi connectivity index (χ0) is 13.8. The predicted octanol–water partition coefficient (Wildman–Crippen LogP) is 3.20. The highest BCUT2D eigenvalue weighted by molar-refractivity contribution is 6.29.